The van der Waals surface area contributed by atoms with Crippen molar-refractivity contribution in [1.82, 2.24) is 4.90 Å². The van der Waals surface area contributed by atoms with Crippen LogP contribution < -0.4 is 0 Å². The van der Waals surface area contributed by atoms with E-state index in [1.807, 2.05) is 11.8 Å². The molecule has 0 bridgehead atoms. The molecule has 2 aliphatic rings. The lowest BCUT2D eigenvalue weighted by molar-refractivity contribution is -0.150. The molecule has 104 valence electrons. The van der Waals surface area contributed by atoms with Crippen LogP contribution in [0.1, 0.15) is 45.4 Å². The highest BCUT2D eigenvalue weighted by Gasteiger charge is 2.33. The molecule has 0 radical (unpaired) electrons. The average molecular weight is 255 g/mol. The lowest BCUT2D eigenvalue weighted by atomic mass is 9.97. The standard InChI is InChI=1S/C14H25NO3/c1-11-10-18-13(9-16)8-15(11)14(17)12-6-4-2-3-5-7-12/h11-13,16H,2-10H2,1H3. The van der Waals surface area contributed by atoms with E-state index in [0.29, 0.717) is 13.2 Å². The van der Waals surface area contributed by atoms with Gasteiger partial charge in [0.15, 0.2) is 0 Å². The van der Waals surface area contributed by atoms with Crippen LogP contribution in [0.5, 0.6) is 0 Å². The molecule has 1 aliphatic heterocycles. The molecule has 1 heterocycles. The monoisotopic (exact) mass is 255 g/mol. The van der Waals surface area contributed by atoms with Crippen molar-refractivity contribution in [1.29, 1.82) is 0 Å². The highest BCUT2D eigenvalue weighted by atomic mass is 16.5. The molecule has 1 aliphatic carbocycles. The van der Waals surface area contributed by atoms with Gasteiger partial charge in [-0.05, 0) is 19.8 Å². The summed E-state index contributed by atoms with van der Waals surface area (Å²) in [7, 11) is 0. The number of carbonyl (C=O) groups is 1. The van der Waals surface area contributed by atoms with Gasteiger partial charge in [-0.2, -0.15) is 0 Å². The number of aliphatic hydroxyl groups is 1. The van der Waals surface area contributed by atoms with Gasteiger partial charge in [-0.3, -0.25) is 4.79 Å². The van der Waals surface area contributed by atoms with Crippen molar-refractivity contribution in [2.45, 2.75) is 57.6 Å². The first-order chi connectivity index (χ1) is 8.72. The Bertz CT molecular complexity index is 274. The highest BCUT2D eigenvalue weighted by Crippen LogP contribution is 2.26. The normalized spacial score (nSPS) is 31.1. The fourth-order valence-electron chi connectivity index (χ4n) is 3.00. The molecule has 0 aromatic heterocycles. The Labute approximate surface area is 109 Å². The first kappa shape index (κ1) is 13.8. The zero-order valence-electron chi connectivity index (χ0n) is 11.3. The smallest absolute Gasteiger partial charge is 0.226 e. The number of hydrogen-bond acceptors (Lipinski definition) is 3. The van der Waals surface area contributed by atoms with Crippen LogP contribution in [-0.4, -0.2) is 47.8 Å². The lowest BCUT2D eigenvalue weighted by Crippen LogP contribution is -2.53. The van der Waals surface area contributed by atoms with Crippen molar-refractivity contribution in [2.75, 3.05) is 19.8 Å². The maximum atomic E-state index is 12.6. The Morgan fingerprint density at radius 3 is 2.56 bits per heavy atom. The summed E-state index contributed by atoms with van der Waals surface area (Å²) in [6, 6.07) is 0.142. The molecule has 2 atom stereocenters. The predicted molar refractivity (Wildman–Crippen MR) is 69.2 cm³/mol. The molecular weight excluding hydrogens is 230 g/mol. The minimum Gasteiger partial charge on any atom is -0.394 e. The molecule has 1 amide bonds. The SMILES string of the molecule is CC1COC(CO)CN1C(=O)C1CCCCCC1. The molecule has 1 saturated heterocycles. The summed E-state index contributed by atoms with van der Waals surface area (Å²) < 4.78 is 5.49. The maximum Gasteiger partial charge on any atom is 0.226 e. The number of carbonyl (C=O) groups excluding carboxylic acids is 1. The summed E-state index contributed by atoms with van der Waals surface area (Å²) in [6.07, 6.45) is 6.76. The van der Waals surface area contributed by atoms with E-state index >= 15 is 0 Å². The average Bonchev–Trinajstić information content (AvgIpc) is 2.67. The van der Waals surface area contributed by atoms with Gasteiger partial charge in [-0.25, -0.2) is 0 Å². The van der Waals surface area contributed by atoms with Crippen LogP contribution >= 0.6 is 0 Å². The fourth-order valence-corrected chi connectivity index (χ4v) is 3.00. The van der Waals surface area contributed by atoms with Gasteiger partial charge in [0.2, 0.25) is 5.91 Å². The first-order valence-electron chi connectivity index (χ1n) is 7.25. The molecule has 2 unspecified atom stereocenters. The van der Waals surface area contributed by atoms with Crippen molar-refractivity contribution >= 4 is 5.91 Å². The summed E-state index contributed by atoms with van der Waals surface area (Å²) >= 11 is 0. The van der Waals surface area contributed by atoms with Gasteiger partial charge in [-0.1, -0.05) is 25.7 Å². The first-order valence-corrected chi connectivity index (χ1v) is 7.25. The maximum absolute atomic E-state index is 12.6. The van der Waals surface area contributed by atoms with E-state index < -0.39 is 0 Å². The number of rotatable bonds is 2. The second-order valence-corrected chi connectivity index (χ2v) is 5.67. The second kappa shape index (κ2) is 6.53. The van der Waals surface area contributed by atoms with E-state index in [1.165, 1.54) is 25.7 Å². The summed E-state index contributed by atoms with van der Waals surface area (Å²) in [5, 5.41) is 9.17. The summed E-state index contributed by atoms with van der Waals surface area (Å²) in [4.78, 5) is 14.5. The summed E-state index contributed by atoms with van der Waals surface area (Å²) in [5.41, 5.74) is 0. The molecule has 18 heavy (non-hydrogen) atoms. The molecule has 0 aromatic carbocycles. The summed E-state index contributed by atoms with van der Waals surface area (Å²) in [5.74, 6) is 0.485. The second-order valence-electron chi connectivity index (χ2n) is 5.67. The van der Waals surface area contributed by atoms with E-state index in [2.05, 4.69) is 0 Å². The zero-order valence-corrected chi connectivity index (χ0v) is 11.3. The molecule has 2 rings (SSSR count). The number of hydrogen-bond donors (Lipinski definition) is 1. The number of aliphatic hydroxyl groups excluding tert-OH is 1. The van der Waals surface area contributed by atoms with Gasteiger partial charge in [-0.15, -0.1) is 0 Å². The third kappa shape index (κ3) is 3.23. The van der Waals surface area contributed by atoms with Gasteiger partial charge in [0, 0.05) is 12.5 Å². The molecule has 1 N–H and O–H groups in total. The van der Waals surface area contributed by atoms with E-state index in [9.17, 15) is 4.79 Å². The number of morpholine rings is 1. The van der Waals surface area contributed by atoms with E-state index in [4.69, 9.17) is 9.84 Å². The lowest BCUT2D eigenvalue weighted by Gasteiger charge is -2.39. The van der Waals surface area contributed by atoms with Gasteiger partial charge in [0.25, 0.3) is 0 Å². The van der Waals surface area contributed by atoms with Crippen LogP contribution in [0.4, 0.5) is 0 Å². The van der Waals surface area contributed by atoms with Crippen molar-refractivity contribution in [3.8, 4) is 0 Å². The Balaban J connectivity index is 1.96. The number of ether oxygens (including phenoxy) is 1. The van der Waals surface area contributed by atoms with E-state index in [1.54, 1.807) is 0 Å². The number of nitrogens with zero attached hydrogens (tertiary/aromatic N) is 1. The molecular formula is C14H25NO3. The van der Waals surface area contributed by atoms with Crippen LogP contribution in [0.25, 0.3) is 0 Å². The largest absolute Gasteiger partial charge is 0.394 e. The Morgan fingerprint density at radius 1 is 1.28 bits per heavy atom. The minimum absolute atomic E-state index is 0.00116. The van der Waals surface area contributed by atoms with Crippen LogP contribution in [0, 0.1) is 5.92 Å². The van der Waals surface area contributed by atoms with E-state index in [0.717, 1.165) is 12.8 Å². The van der Waals surface area contributed by atoms with E-state index in [-0.39, 0.29) is 30.6 Å². The summed E-state index contributed by atoms with van der Waals surface area (Å²) in [6.45, 7) is 3.13. The van der Waals surface area contributed by atoms with Crippen LogP contribution in [0.15, 0.2) is 0 Å². The van der Waals surface area contributed by atoms with Crippen molar-refractivity contribution in [2.24, 2.45) is 5.92 Å². The Hall–Kier alpha value is -0.610. The number of amides is 1. The molecule has 4 heteroatoms. The fraction of sp³-hybridized carbons (Fsp3) is 0.929. The molecule has 0 aromatic rings. The van der Waals surface area contributed by atoms with Crippen molar-refractivity contribution in [3.63, 3.8) is 0 Å². The van der Waals surface area contributed by atoms with Crippen LogP contribution in [-0.2, 0) is 9.53 Å². The topological polar surface area (TPSA) is 49.8 Å². The van der Waals surface area contributed by atoms with Crippen LogP contribution in [0.3, 0.4) is 0 Å². The Kier molecular flexibility index (Phi) is 5.01. The van der Waals surface area contributed by atoms with Crippen LogP contribution in [0.2, 0.25) is 0 Å². The zero-order chi connectivity index (χ0) is 13.0. The molecule has 2 fully saturated rings. The predicted octanol–water partition coefficient (Wildman–Crippen LogP) is 1.56. The third-order valence-corrected chi connectivity index (χ3v) is 4.20. The van der Waals surface area contributed by atoms with Crippen molar-refractivity contribution in [3.05, 3.63) is 0 Å². The molecule has 4 nitrogen and oxygen atoms in total. The van der Waals surface area contributed by atoms with Gasteiger partial charge in [0.05, 0.1) is 25.4 Å². The van der Waals surface area contributed by atoms with Gasteiger partial charge in [0.1, 0.15) is 0 Å². The van der Waals surface area contributed by atoms with Crippen molar-refractivity contribution < 1.29 is 14.6 Å². The quantitative estimate of drug-likeness (QED) is 0.762. The minimum atomic E-state index is -0.198. The van der Waals surface area contributed by atoms with Gasteiger partial charge >= 0.3 is 0 Å². The third-order valence-electron chi connectivity index (χ3n) is 4.20. The highest BCUT2D eigenvalue weighted by molar-refractivity contribution is 5.79. The Morgan fingerprint density at radius 2 is 1.94 bits per heavy atom. The molecule has 0 spiro atoms. The van der Waals surface area contributed by atoms with Gasteiger partial charge < -0.3 is 14.7 Å². The molecule has 1 saturated carbocycles.